The van der Waals surface area contributed by atoms with Gasteiger partial charge in [0.05, 0.1) is 21.4 Å². The molecule has 4 rings (SSSR count). The van der Waals surface area contributed by atoms with Gasteiger partial charge in [0.25, 0.3) is 0 Å². The molecule has 0 saturated heterocycles. The highest BCUT2D eigenvalue weighted by Gasteiger charge is 2.20. The largest absolute Gasteiger partial charge is 0.477 e. The molecule has 0 atom stereocenters. The highest BCUT2D eigenvalue weighted by Crippen LogP contribution is 2.40. The fourth-order valence-corrected chi connectivity index (χ4v) is 5.97. The van der Waals surface area contributed by atoms with E-state index in [4.69, 9.17) is 39.8 Å². The molecule has 0 aliphatic heterocycles. The number of halogens is 3. The Kier molecular flexibility index (Phi) is 7.31. The van der Waals surface area contributed by atoms with Crippen molar-refractivity contribution in [2.24, 2.45) is 5.92 Å². The highest BCUT2D eigenvalue weighted by atomic mass is 35.5. The zero-order chi connectivity index (χ0) is 23.7. The number of hydrogen-bond acceptors (Lipinski definition) is 5. The number of thiophene rings is 1. The lowest BCUT2D eigenvalue weighted by Gasteiger charge is -2.06. The molecule has 0 aliphatic rings. The molecule has 0 unspecified atom stereocenters. The molecule has 170 valence electrons. The number of nitrogens with one attached hydrogen (secondary N) is 1. The number of carboxylic acid groups (broad SMARTS) is 1. The van der Waals surface area contributed by atoms with E-state index in [0.29, 0.717) is 31.8 Å². The van der Waals surface area contributed by atoms with E-state index in [9.17, 15) is 9.90 Å². The number of hydrogen-bond donors (Lipinski definition) is 2. The molecule has 9 heteroatoms. The van der Waals surface area contributed by atoms with Crippen molar-refractivity contribution in [2.75, 3.05) is 5.32 Å². The SMILES string of the molecule is CC(C)Cc1sc(Nc2cc(-c3cccc(Cl)c3)sc2C(=O)O)nc1-c1ccc(Cl)c(Cl)c1. The number of aromatic nitrogens is 1. The first-order chi connectivity index (χ1) is 15.7. The standard InChI is InChI=1S/C24H19Cl3N2O2S2/c1-12(2)8-20-21(14-6-7-16(26)17(27)10-14)29-24(33-20)28-18-11-19(32-22(18)23(30)31)13-4-3-5-15(25)9-13/h3-7,9-12H,8H2,1-2H3,(H,28,29)(H,30,31). The van der Waals surface area contributed by atoms with Crippen LogP contribution in [0.5, 0.6) is 0 Å². The molecule has 4 aromatic rings. The van der Waals surface area contributed by atoms with E-state index < -0.39 is 5.97 Å². The molecule has 2 heterocycles. The highest BCUT2D eigenvalue weighted by molar-refractivity contribution is 7.18. The number of thiazole rings is 1. The van der Waals surface area contributed by atoms with Crippen LogP contribution in [-0.2, 0) is 6.42 Å². The topological polar surface area (TPSA) is 62.2 Å². The summed E-state index contributed by atoms with van der Waals surface area (Å²) in [5, 5.41) is 15.2. The third-order valence-electron chi connectivity index (χ3n) is 4.76. The third kappa shape index (κ3) is 5.53. The van der Waals surface area contributed by atoms with Gasteiger partial charge >= 0.3 is 5.97 Å². The number of aromatic carboxylic acids is 1. The van der Waals surface area contributed by atoms with E-state index in [2.05, 4.69) is 19.2 Å². The molecule has 0 spiro atoms. The van der Waals surface area contributed by atoms with E-state index in [-0.39, 0.29) is 4.88 Å². The van der Waals surface area contributed by atoms with Gasteiger partial charge in [-0.05, 0) is 48.2 Å². The molecular weight excluding hydrogens is 519 g/mol. The summed E-state index contributed by atoms with van der Waals surface area (Å²) < 4.78 is 0. The van der Waals surface area contributed by atoms with Crippen LogP contribution in [0, 0.1) is 5.92 Å². The predicted molar refractivity (Wildman–Crippen MR) is 141 cm³/mol. The Morgan fingerprint density at radius 2 is 1.82 bits per heavy atom. The summed E-state index contributed by atoms with van der Waals surface area (Å²) in [4.78, 5) is 18.8. The fraction of sp³-hybridized carbons (Fsp3) is 0.167. The van der Waals surface area contributed by atoms with Crippen molar-refractivity contribution in [3.05, 3.63) is 73.4 Å². The number of carboxylic acids is 1. The first kappa shape index (κ1) is 24.0. The van der Waals surface area contributed by atoms with Crippen LogP contribution >= 0.6 is 57.5 Å². The molecule has 0 aliphatic carbocycles. The van der Waals surface area contributed by atoms with Crippen LogP contribution in [0.15, 0.2) is 48.5 Å². The minimum absolute atomic E-state index is 0.210. The van der Waals surface area contributed by atoms with E-state index >= 15 is 0 Å². The smallest absolute Gasteiger partial charge is 0.348 e. The number of carbonyl (C=O) groups is 1. The van der Waals surface area contributed by atoms with Crippen molar-refractivity contribution in [1.29, 1.82) is 0 Å². The number of anilines is 2. The molecule has 4 nitrogen and oxygen atoms in total. The molecule has 33 heavy (non-hydrogen) atoms. The van der Waals surface area contributed by atoms with Gasteiger partial charge in [-0.15, -0.1) is 22.7 Å². The van der Waals surface area contributed by atoms with Gasteiger partial charge in [-0.25, -0.2) is 9.78 Å². The van der Waals surface area contributed by atoms with Crippen LogP contribution in [0.2, 0.25) is 15.1 Å². The summed E-state index contributed by atoms with van der Waals surface area (Å²) in [5.74, 6) is -0.579. The van der Waals surface area contributed by atoms with Gasteiger partial charge in [0.1, 0.15) is 4.88 Å². The van der Waals surface area contributed by atoms with E-state index in [1.165, 1.54) is 22.7 Å². The Labute approximate surface area is 214 Å². The quantitative estimate of drug-likeness (QED) is 0.247. The molecule has 0 amide bonds. The average molecular weight is 538 g/mol. The molecule has 2 aromatic heterocycles. The van der Waals surface area contributed by atoms with E-state index in [0.717, 1.165) is 33.0 Å². The number of rotatable bonds is 7. The first-order valence-electron chi connectivity index (χ1n) is 10.1. The second kappa shape index (κ2) is 10.0. The normalized spacial score (nSPS) is 11.2. The average Bonchev–Trinajstić information content (AvgIpc) is 3.34. The Balaban J connectivity index is 1.73. The van der Waals surface area contributed by atoms with Crippen LogP contribution < -0.4 is 5.32 Å². The lowest BCUT2D eigenvalue weighted by Crippen LogP contribution is -1.98. The molecule has 2 N–H and O–H groups in total. The minimum atomic E-state index is -1.00. The minimum Gasteiger partial charge on any atom is -0.477 e. The van der Waals surface area contributed by atoms with Crippen molar-refractivity contribution in [3.63, 3.8) is 0 Å². The third-order valence-corrected chi connectivity index (χ3v) is 7.90. The number of benzene rings is 2. The van der Waals surface area contributed by atoms with Crippen LogP contribution in [-0.4, -0.2) is 16.1 Å². The van der Waals surface area contributed by atoms with Crippen molar-refractivity contribution in [1.82, 2.24) is 4.98 Å². The van der Waals surface area contributed by atoms with Crippen molar-refractivity contribution < 1.29 is 9.90 Å². The van der Waals surface area contributed by atoms with Gasteiger partial charge in [0, 0.05) is 20.3 Å². The summed E-state index contributed by atoms with van der Waals surface area (Å²) in [7, 11) is 0. The zero-order valence-electron chi connectivity index (χ0n) is 17.7. The first-order valence-corrected chi connectivity index (χ1v) is 12.8. The monoisotopic (exact) mass is 536 g/mol. The van der Waals surface area contributed by atoms with Crippen molar-refractivity contribution >= 4 is 74.3 Å². The lowest BCUT2D eigenvalue weighted by atomic mass is 10.0. The Hall–Kier alpha value is -2.09. The maximum atomic E-state index is 11.9. The zero-order valence-corrected chi connectivity index (χ0v) is 21.6. The molecule has 0 bridgehead atoms. The summed E-state index contributed by atoms with van der Waals surface area (Å²) in [6.07, 6.45) is 0.831. The summed E-state index contributed by atoms with van der Waals surface area (Å²) in [5.41, 5.74) is 3.04. The molecule has 0 fully saturated rings. The second-order valence-electron chi connectivity index (χ2n) is 7.81. The Morgan fingerprint density at radius 3 is 2.48 bits per heavy atom. The molecule has 0 radical (unpaired) electrons. The van der Waals surface area contributed by atoms with Gasteiger partial charge in [0.15, 0.2) is 5.13 Å². The van der Waals surface area contributed by atoms with Gasteiger partial charge in [-0.1, -0.05) is 66.8 Å². The van der Waals surface area contributed by atoms with Crippen LogP contribution in [0.1, 0.15) is 28.4 Å². The van der Waals surface area contributed by atoms with Gasteiger partial charge in [-0.2, -0.15) is 0 Å². The van der Waals surface area contributed by atoms with Crippen LogP contribution in [0.25, 0.3) is 21.7 Å². The summed E-state index contributed by atoms with van der Waals surface area (Å²) in [6, 6.07) is 14.6. The summed E-state index contributed by atoms with van der Waals surface area (Å²) >= 11 is 21.2. The maximum absolute atomic E-state index is 11.9. The van der Waals surface area contributed by atoms with Gasteiger partial charge in [-0.3, -0.25) is 0 Å². The molecule has 2 aromatic carbocycles. The van der Waals surface area contributed by atoms with Gasteiger partial charge < -0.3 is 10.4 Å². The predicted octanol–water partition coefficient (Wildman–Crippen LogP) is 9.14. The Morgan fingerprint density at radius 1 is 1.03 bits per heavy atom. The van der Waals surface area contributed by atoms with Crippen LogP contribution in [0.3, 0.4) is 0 Å². The van der Waals surface area contributed by atoms with E-state index in [1.54, 1.807) is 18.2 Å². The van der Waals surface area contributed by atoms with Crippen molar-refractivity contribution in [2.45, 2.75) is 20.3 Å². The molecule has 0 saturated carbocycles. The summed E-state index contributed by atoms with van der Waals surface area (Å²) in [6.45, 7) is 4.29. The van der Waals surface area contributed by atoms with E-state index in [1.807, 2.05) is 30.3 Å². The van der Waals surface area contributed by atoms with Crippen molar-refractivity contribution in [3.8, 4) is 21.7 Å². The van der Waals surface area contributed by atoms with Gasteiger partial charge in [0.2, 0.25) is 0 Å². The molecular formula is C24H19Cl3N2O2S2. The second-order valence-corrected chi connectivity index (χ2v) is 11.2. The Bertz CT molecular complexity index is 1330. The van der Waals surface area contributed by atoms with Crippen LogP contribution in [0.4, 0.5) is 10.8 Å². The fourth-order valence-electron chi connectivity index (χ4n) is 3.33. The number of nitrogens with zero attached hydrogens (tertiary/aromatic N) is 1. The maximum Gasteiger partial charge on any atom is 0.348 e. The lowest BCUT2D eigenvalue weighted by molar-refractivity contribution is 0.0703.